The van der Waals surface area contributed by atoms with Crippen molar-refractivity contribution < 1.29 is 0 Å². The summed E-state index contributed by atoms with van der Waals surface area (Å²) in [4.78, 5) is 12.1. The van der Waals surface area contributed by atoms with E-state index in [2.05, 4.69) is 39.2 Å². The van der Waals surface area contributed by atoms with Gasteiger partial charge in [-0.15, -0.1) is 23.7 Å². The van der Waals surface area contributed by atoms with Crippen molar-refractivity contribution in [3.8, 4) is 22.5 Å². The number of hydrogen-bond acceptors (Lipinski definition) is 3. The van der Waals surface area contributed by atoms with Crippen LogP contribution in [0.4, 0.5) is 5.13 Å². The van der Waals surface area contributed by atoms with Crippen LogP contribution in [0, 0.1) is 0 Å². The average Bonchev–Trinajstić information content (AvgIpc) is 3.19. The number of fused-ring (bicyclic) bond motifs is 1. The molecule has 2 aromatic carbocycles. The minimum atomic E-state index is 0. The molecule has 0 fully saturated rings. The zero-order valence-electron chi connectivity index (χ0n) is 13.1. The molecule has 5 nitrogen and oxygen atoms in total. The molecule has 126 valence electrons. The summed E-state index contributed by atoms with van der Waals surface area (Å²) >= 11 is 1.42. The molecule has 2 heterocycles. The quantitative estimate of drug-likeness (QED) is 0.371. The lowest BCUT2D eigenvalue weighted by Gasteiger charge is -2.02. The van der Waals surface area contributed by atoms with Crippen molar-refractivity contribution in [1.82, 2.24) is 9.97 Å². The van der Waals surface area contributed by atoms with E-state index in [1.807, 2.05) is 35.7 Å². The van der Waals surface area contributed by atoms with Gasteiger partial charge < -0.3 is 16.5 Å². The number of aromatic amines is 1. The molecule has 0 bridgehead atoms. The Morgan fingerprint density at radius 3 is 2.48 bits per heavy atom. The van der Waals surface area contributed by atoms with Gasteiger partial charge in [0.1, 0.15) is 0 Å². The molecule has 0 amide bonds. The van der Waals surface area contributed by atoms with Crippen molar-refractivity contribution in [1.29, 1.82) is 0 Å². The molecule has 0 radical (unpaired) electrons. The normalized spacial score (nSPS) is 10.4. The van der Waals surface area contributed by atoms with E-state index in [4.69, 9.17) is 11.5 Å². The highest BCUT2D eigenvalue weighted by Gasteiger charge is 2.17. The van der Waals surface area contributed by atoms with E-state index >= 15 is 0 Å². The topological polar surface area (TPSA) is 93.1 Å². The van der Waals surface area contributed by atoms with Crippen LogP contribution in [0.25, 0.3) is 33.4 Å². The number of aromatic nitrogens is 2. The number of H-pyrrole nitrogens is 1. The van der Waals surface area contributed by atoms with Crippen LogP contribution in [-0.2, 0) is 0 Å². The maximum absolute atomic E-state index is 5.45. The van der Waals surface area contributed by atoms with E-state index < -0.39 is 0 Å². The van der Waals surface area contributed by atoms with Gasteiger partial charge >= 0.3 is 0 Å². The van der Waals surface area contributed by atoms with Crippen molar-refractivity contribution in [2.45, 2.75) is 0 Å². The fraction of sp³-hybridized carbons (Fsp3) is 0. The molecule has 0 aliphatic rings. The molecule has 0 aliphatic carbocycles. The Morgan fingerprint density at radius 1 is 1.00 bits per heavy atom. The number of hydrogen-bond donors (Lipinski definition) is 3. The molecule has 0 aliphatic heterocycles. The molecule has 5 N–H and O–H groups in total. The van der Waals surface area contributed by atoms with Gasteiger partial charge in [0.2, 0.25) is 5.13 Å². The number of thiazole rings is 1. The van der Waals surface area contributed by atoms with Crippen LogP contribution in [0.5, 0.6) is 0 Å². The number of para-hydroxylation sites is 1. The molecule has 0 saturated carbocycles. The molecule has 0 unspecified atom stereocenters. The average molecular weight is 370 g/mol. The lowest BCUT2D eigenvalue weighted by atomic mass is 10.0. The molecule has 0 atom stereocenters. The molecule has 7 heteroatoms. The summed E-state index contributed by atoms with van der Waals surface area (Å²) in [6.45, 7) is 0. The van der Waals surface area contributed by atoms with Gasteiger partial charge in [0, 0.05) is 21.8 Å². The van der Waals surface area contributed by atoms with Gasteiger partial charge in [0.05, 0.1) is 11.4 Å². The number of aliphatic imine (C=N–C) groups is 1. The number of guanidine groups is 1. The van der Waals surface area contributed by atoms with E-state index in [1.54, 1.807) is 0 Å². The number of rotatable bonds is 3. The first kappa shape index (κ1) is 17.0. The van der Waals surface area contributed by atoms with Crippen molar-refractivity contribution in [3.63, 3.8) is 0 Å². The number of nitrogens with one attached hydrogen (secondary N) is 1. The largest absolute Gasteiger partial charge is 0.370 e. The zero-order valence-corrected chi connectivity index (χ0v) is 14.8. The molecule has 0 saturated heterocycles. The monoisotopic (exact) mass is 369 g/mol. The van der Waals surface area contributed by atoms with E-state index in [1.165, 1.54) is 11.3 Å². The van der Waals surface area contributed by atoms with E-state index in [0.717, 1.165) is 33.4 Å². The summed E-state index contributed by atoms with van der Waals surface area (Å²) in [6, 6.07) is 18.4. The third-order valence-corrected chi connectivity index (χ3v) is 4.48. The van der Waals surface area contributed by atoms with Crippen molar-refractivity contribution >= 4 is 45.7 Å². The number of benzene rings is 2. The van der Waals surface area contributed by atoms with Crippen molar-refractivity contribution in [3.05, 3.63) is 60.0 Å². The Hall–Kier alpha value is -2.83. The molecule has 0 spiro atoms. The summed E-state index contributed by atoms with van der Waals surface area (Å²) in [7, 11) is 0. The van der Waals surface area contributed by atoms with E-state index in [9.17, 15) is 0 Å². The molecule has 25 heavy (non-hydrogen) atoms. The number of halogens is 1. The number of nitrogens with two attached hydrogens (primary N) is 2. The fourth-order valence-electron chi connectivity index (χ4n) is 2.77. The number of nitrogens with zero attached hydrogens (tertiary/aromatic N) is 2. The molecule has 2 aromatic heterocycles. The van der Waals surface area contributed by atoms with Gasteiger partial charge in [-0.05, 0) is 11.6 Å². The first-order valence-corrected chi connectivity index (χ1v) is 8.32. The second kappa shape index (κ2) is 6.96. The van der Waals surface area contributed by atoms with Crippen LogP contribution in [-0.4, -0.2) is 15.9 Å². The van der Waals surface area contributed by atoms with Crippen molar-refractivity contribution in [2.24, 2.45) is 16.5 Å². The Labute approximate surface area is 154 Å². The fourth-order valence-corrected chi connectivity index (χ4v) is 3.47. The maximum atomic E-state index is 5.45. The summed E-state index contributed by atoms with van der Waals surface area (Å²) in [5, 5.41) is 3.65. The summed E-state index contributed by atoms with van der Waals surface area (Å²) in [6.07, 6.45) is 0. The Kier molecular flexibility index (Phi) is 4.74. The standard InChI is InChI=1S/C18H15N5S.ClH/c19-17(20)23-18-22-14(10-24-18)15-12-8-4-5-9-13(12)21-16(15)11-6-2-1-3-7-11;/h1-10,21H,(H4,19,20,22,23);1H. The van der Waals surface area contributed by atoms with Gasteiger partial charge in [-0.1, -0.05) is 48.5 Å². The summed E-state index contributed by atoms with van der Waals surface area (Å²) in [5.41, 5.74) is 16.0. The van der Waals surface area contributed by atoms with Gasteiger partial charge in [-0.2, -0.15) is 4.99 Å². The SMILES string of the molecule is Cl.NC(N)=Nc1nc(-c2c(-c3ccccc3)[nH]c3ccccc23)cs1. The first-order chi connectivity index (χ1) is 11.7. The van der Waals surface area contributed by atoms with Gasteiger partial charge in [0.15, 0.2) is 5.96 Å². The van der Waals surface area contributed by atoms with Crippen LogP contribution in [0.15, 0.2) is 65.0 Å². The summed E-state index contributed by atoms with van der Waals surface area (Å²) < 4.78 is 0. The highest BCUT2D eigenvalue weighted by atomic mass is 35.5. The lowest BCUT2D eigenvalue weighted by Crippen LogP contribution is -2.21. The second-order valence-corrected chi connectivity index (χ2v) is 6.18. The van der Waals surface area contributed by atoms with Crippen LogP contribution in [0.1, 0.15) is 0 Å². The summed E-state index contributed by atoms with van der Waals surface area (Å²) in [5.74, 6) is 0.0121. The molecular formula is C18H16ClN5S. The van der Waals surface area contributed by atoms with Gasteiger partial charge in [0.25, 0.3) is 0 Å². The Morgan fingerprint density at radius 2 is 1.72 bits per heavy atom. The first-order valence-electron chi connectivity index (χ1n) is 7.44. The minimum absolute atomic E-state index is 0. The van der Waals surface area contributed by atoms with E-state index in [0.29, 0.717) is 5.13 Å². The maximum Gasteiger partial charge on any atom is 0.212 e. The second-order valence-electron chi connectivity index (χ2n) is 5.34. The van der Waals surface area contributed by atoms with Crippen LogP contribution >= 0.6 is 23.7 Å². The lowest BCUT2D eigenvalue weighted by molar-refractivity contribution is 1.33. The van der Waals surface area contributed by atoms with E-state index in [-0.39, 0.29) is 18.4 Å². The molecule has 4 rings (SSSR count). The zero-order chi connectivity index (χ0) is 16.5. The minimum Gasteiger partial charge on any atom is -0.370 e. The Bertz CT molecular complexity index is 1030. The third-order valence-electron chi connectivity index (χ3n) is 3.74. The predicted molar refractivity (Wildman–Crippen MR) is 108 cm³/mol. The van der Waals surface area contributed by atoms with Crippen LogP contribution in [0.3, 0.4) is 0 Å². The van der Waals surface area contributed by atoms with Crippen LogP contribution < -0.4 is 11.5 Å². The molecule has 4 aromatic rings. The highest BCUT2D eigenvalue weighted by molar-refractivity contribution is 7.13. The third kappa shape index (κ3) is 3.22. The highest BCUT2D eigenvalue weighted by Crippen LogP contribution is 2.39. The van der Waals surface area contributed by atoms with Gasteiger partial charge in [-0.3, -0.25) is 0 Å². The van der Waals surface area contributed by atoms with Crippen molar-refractivity contribution in [2.75, 3.05) is 0 Å². The Balaban J connectivity index is 0.00000182. The predicted octanol–water partition coefficient (Wildman–Crippen LogP) is 4.29. The molecular weight excluding hydrogens is 354 g/mol. The van der Waals surface area contributed by atoms with Crippen LogP contribution in [0.2, 0.25) is 0 Å². The van der Waals surface area contributed by atoms with Gasteiger partial charge in [-0.25, -0.2) is 4.98 Å². The smallest absolute Gasteiger partial charge is 0.212 e.